The van der Waals surface area contributed by atoms with Gasteiger partial charge in [0.05, 0.1) is 10.0 Å². The lowest BCUT2D eigenvalue weighted by Gasteiger charge is -2.09. The highest BCUT2D eigenvalue weighted by Crippen LogP contribution is 2.35. The minimum absolute atomic E-state index is 0.543. The van der Waals surface area contributed by atoms with Crippen LogP contribution in [0.3, 0.4) is 0 Å². The van der Waals surface area contributed by atoms with Crippen molar-refractivity contribution in [3.8, 4) is 11.1 Å². The second-order valence-corrected chi connectivity index (χ2v) is 7.29. The first-order valence-corrected chi connectivity index (χ1v) is 9.09. The molecule has 1 aromatic heterocycles. The highest BCUT2D eigenvalue weighted by molar-refractivity contribution is 6.42. The Kier molecular flexibility index (Phi) is 4.38. The van der Waals surface area contributed by atoms with E-state index in [-0.39, 0.29) is 0 Å². The van der Waals surface area contributed by atoms with Gasteiger partial charge in [-0.25, -0.2) is 0 Å². The number of hydrogen-bond donors (Lipinski definition) is 2. The molecule has 25 heavy (non-hydrogen) atoms. The molecule has 0 radical (unpaired) electrons. The van der Waals surface area contributed by atoms with E-state index in [1.807, 2.05) is 36.4 Å². The second kappa shape index (κ2) is 6.54. The van der Waals surface area contributed by atoms with Crippen molar-refractivity contribution in [2.45, 2.75) is 6.42 Å². The summed E-state index contributed by atoms with van der Waals surface area (Å²) in [6, 6.07) is 15.9. The summed E-state index contributed by atoms with van der Waals surface area (Å²) < 4.78 is 0. The van der Waals surface area contributed by atoms with E-state index >= 15 is 0 Å². The zero-order valence-electron chi connectivity index (χ0n) is 13.2. The third-order valence-electron chi connectivity index (χ3n) is 4.42. The monoisotopic (exact) mass is 388 g/mol. The van der Waals surface area contributed by atoms with E-state index in [2.05, 4.69) is 17.1 Å². The SMILES string of the molecule is NCCc1cc(-c2ccc(Cl)c(Cl)c2)cc2c1[nH]c1ccc(Cl)cc12. The summed E-state index contributed by atoms with van der Waals surface area (Å²) in [6.07, 6.45) is 0.784. The number of aromatic amines is 1. The molecule has 0 spiro atoms. The summed E-state index contributed by atoms with van der Waals surface area (Å²) in [5, 5.41) is 4.04. The predicted octanol–water partition coefficient (Wildman–Crippen LogP) is 6.45. The Morgan fingerprint density at radius 2 is 1.64 bits per heavy atom. The minimum atomic E-state index is 0.543. The van der Waals surface area contributed by atoms with Crippen molar-refractivity contribution in [3.05, 3.63) is 69.2 Å². The van der Waals surface area contributed by atoms with Gasteiger partial charge in [0.25, 0.3) is 0 Å². The van der Waals surface area contributed by atoms with Crippen molar-refractivity contribution in [3.63, 3.8) is 0 Å². The summed E-state index contributed by atoms with van der Waals surface area (Å²) in [5.41, 5.74) is 11.3. The number of fused-ring (bicyclic) bond motifs is 3. The highest BCUT2D eigenvalue weighted by atomic mass is 35.5. The molecule has 0 unspecified atom stereocenters. The van der Waals surface area contributed by atoms with E-state index < -0.39 is 0 Å². The van der Waals surface area contributed by atoms with E-state index in [1.54, 1.807) is 0 Å². The van der Waals surface area contributed by atoms with Gasteiger partial charge in [-0.05, 0) is 72.1 Å². The van der Waals surface area contributed by atoms with Crippen LogP contribution in [0.4, 0.5) is 0 Å². The van der Waals surface area contributed by atoms with Gasteiger partial charge in [0.1, 0.15) is 0 Å². The molecule has 0 aliphatic heterocycles. The number of nitrogens with one attached hydrogen (secondary N) is 1. The van der Waals surface area contributed by atoms with Gasteiger partial charge in [0, 0.05) is 26.8 Å². The van der Waals surface area contributed by atoms with Gasteiger partial charge in [0.2, 0.25) is 0 Å². The molecule has 0 saturated heterocycles. The van der Waals surface area contributed by atoms with Crippen molar-refractivity contribution in [2.75, 3.05) is 6.54 Å². The number of H-pyrrole nitrogens is 1. The zero-order chi connectivity index (χ0) is 17.6. The van der Waals surface area contributed by atoms with E-state index in [0.717, 1.165) is 39.4 Å². The lowest BCUT2D eigenvalue weighted by molar-refractivity contribution is 0.975. The molecule has 0 bridgehead atoms. The maximum absolute atomic E-state index is 6.21. The van der Waals surface area contributed by atoms with Crippen LogP contribution < -0.4 is 5.73 Å². The molecule has 126 valence electrons. The highest BCUT2D eigenvalue weighted by Gasteiger charge is 2.12. The number of rotatable bonds is 3. The fraction of sp³-hybridized carbons (Fsp3) is 0.100. The van der Waals surface area contributed by atoms with Crippen LogP contribution in [0, 0.1) is 0 Å². The molecule has 0 saturated carbocycles. The van der Waals surface area contributed by atoms with Gasteiger partial charge in [0.15, 0.2) is 0 Å². The predicted molar refractivity (Wildman–Crippen MR) is 109 cm³/mol. The average molecular weight is 390 g/mol. The lowest BCUT2D eigenvalue weighted by atomic mass is 9.98. The average Bonchev–Trinajstić information content (AvgIpc) is 2.96. The Hall–Kier alpha value is -1.71. The topological polar surface area (TPSA) is 41.8 Å². The molecule has 4 aromatic rings. The normalized spacial score (nSPS) is 11.5. The van der Waals surface area contributed by atoms with Gasteiger partial charge < -0.3 is 10.7 Å². The number of nitrogens with two attached hydrogens (primary N) is 1. The van der Waals surface area contributed by atoms with Crippen LogP contribution in [-0.4, -0.2) is 11.5 Å². The number of benzene rings is 3. The van der Waals surface area contributed by atoms with Crippen LogP contribution in [0.2, 0.25) is 15.1 Å². The van der Waals surface area contributed by atoms with Crippen molar-refractivity contribution in [1.29, 1.82) is 0 Å². The third-order valence-corrected chi connectivity index (χ3v) is 5.39. The summed E-state index contributed by atoms with van der Waals surface area (Å²) >= 11 is 18.5. The van der Waals surface area contributed by atoms with Crippen LogP contribution in [0.1, 0.15) is 5.56 Å². The molecule has 0 aliphatic rings. The second-order valence-electron chi connectivity index (χ2n) is 6.04. The van der Waals surface area contributed by atoms with Gasteiger partial charge >= 0.3 is 0 Å². The van der Waals surface area contributed by atoms with Crippen LogP contribution >= 0.6 is 34.8 Å². The Balaban J connectivity index is 2.03. The molecule has 3 N–H and O–H groups in total. The summed E-state index contributed by atoms with van der Waals surface area (Å²) in [5.74, 6) is 0. The first-order valence-electron chi connectivity index (χ1n) is 7.96. The number of hydrogen-bond acceptors (Lipinski definition) is 1. The maximum Gasteiger partial charge on any atom is 0.0598 e. The van der Waals surface area contributed by atoms with Gasteiger partial charge in [-0.2, -0.15) is 0 Å². The van der Waals surface area contributed by atoms with Gasteiger partial charge in [-0.1, -0.05) is 40.9 Å². The molecule has 4 rings (SSSR count). The van der Waals surface area contributed by atoms with E-state index in [4.69, 9.17) is 40.5 Å². The molecule has 0 aliphatic carbocycles. The first kappa shape index (κ1) is 16.7. The van der Waals surface area contributed by atoms with Crippen molar-refractivity contribution < 1.29 is 0 Å². The molecule has 0 amide bonds. The molecular formula is C20H15Cl3N2. The minimum Gasteiger partial charge on any atom is -0.354 e. The Morgan fingerprint density at radius 3 is 2.40 bits per heavy atom. The molecule has 1 heterocycles. The number of aromatic nitrogens is 1. The van der Waals surface area contributed by atoms with Crippen LogP contribution in [-0.2, 0) is 6.42 Å². The van der Waals surface area contributed by atoms with Gasteiger partial charge in [-0.15, -0.1) is 0 Å². The largest absolute Gasteiger partial charge is 0.354 e. The van der Waals surface area contributed by atoms with Crippen molar-refractivity contribution in [1.82, 2.24) is 4.98 Å². The van der Waals surface area contributed by atoms with E-state index in [1.165, 1.54) is 5.56 Å². The Morgan fingerprint density at radius 1 is 0.800 bits per heavy atom. The van der Waals surface area contributed by atoms with Crippen molar-refractivity contribution >= 4 is 56.6 Å². The quantitative estimate of drug-likeness (QED) is 0.415. The standard InChI is InChI=1S/C20H15Cl3N2/c21-14-2-4-19-15(10-14)16-8-13(7-12(5-6-24)20(16)25-19)11-1-3-17(22)18(23)9-11/h1-4,7-10,25H,5-6,24H2. The summed E-state index contributed by atoms with van der Waals surface area (Å²) in [4.78, 5) is 3.50. The summed E-state index contributed by atoms with van der Waals surface area (Å²) in [6.45, 7) is 0.579. The molecule has 0 atom stereocenters. The maximum atomic E-state index is 6.21. The van der Waals surface area contributed by atoms with Crippen LogP contribution in [0.5, 0.6) is 0 Å². The van der Waals surface area contributed by atoms with Crippen LogP contribution in [0.15, 0.2) is 48.5 Å². The molecule has 0 fully saturated rings. The Labute approximate surface area is 160 Å². The zero-order valence-corrected chi connectivity index (χ0v) is 15.5. The third kappa shape index (κ3) is 3.00. The smallest absolute Gasteiger partial charge is 0.0598 e. The first-order chi connectivity index (χ1) is 12.1. The Bertz CT molecular complexity index is 1100. The van der Waals surface area contributed by atoms with Crippen LogP contribution in [0.25, 0.3) is 32.9 Å². The lowest BCUT2D eigenvalue weighted by Crippen LogP contribution is -2.03. The molecule has 5 heteroatoms. The molecule has 2 nitrogen and oxygen atoms in total. The summed E-state index contributed by atoms with van der Waals surface area (Å²) in [7, 11) is 0. The molecule has 3 aromatic carbocycles. The van der Waals surface area contributed by atoms with E-state index in [0.29, 0.717) is 21.6 Å². The van der Waals surface area contributed by atoms with E-state index in [9.17, 15) is 0 Å². The van der Waals surface area contributed by atoms with Gasteiger partial charge in [-0.3, -0.25) is 0 Å². The fourth-order valence-electron chi connectivity index (χ4n) is 3.24. The fourth-order valence-corrected chi connectivity index (χ4v) is 3.71. The van der Waals surface area contributed by atoms with Crippen molar-refractivity contribution in [2.24, 2.45) is 5.73 Å². The molecular weight excluding hydrogens is 375 g/mol. The number of halogens is 3.